The number of aliphatic hydroxyl groups is 1. The normalized spacial score (nSPS) is 12.8. The smallest absolute Gasteiger partial charge is 0.181 e. The second-order valence-corrected chi connectivity index (χ2v) is 4.09. The van der Waals surface area contributed by atoms with Gasteiger partial charge >= 0.3 is 0 Å². The number of imidazole rings is 1. The van der Waals surface area contributed by atoms with Crippen LogP contribution in [0.2, 0.25) is 0 Å². The Kier molecular flexibility index (Phi) is 2.53. The van der Waals surface area contributed by atoms with E-state index < -0.39 is 6.10 Å². The van der Waals surface area contributed by atoms with Crippen LogP contribution < -0.4 is 0 Å². The van der Waals surface area contributed by atoms with Crippen LogP contribution in [0, 0.1) is 6.92 Å². The summed E-state index contributed by atoms with van der Waals surface area (Å²) in [4.78, 5) is 15.5. The molecule has 0 unspecified atom stereocenters. The van der Waals surface area contributed by atoms with E-state index in [2.05, 4.69) is 19.9 Å². The molecule has 0 saturated heterocycles. The Hall–Kier alpha value is -2.27. The zero-order valence-corrected chi connectivity index (χ0v) is 9.83. The van der Waals surface area contributed by atoms with Gasteiger partial charge in [0.25, 0.3) is 0 Å². The minimum absolute atomic E-state index is 0.486. The number of hydrogen-bond acceptors (Lipinski definition) is 4. The Bertz CT molecular complexity index is 678. The fourth-order valence-electron chi connectivity index (χ4n) is 1.88. The molecule has 2 heterocycles. The molecule has 90 valence electrons. The zero-order chi connectivity index (χ0) is 12.5. The van der Waals surface area contributed by atoms with Crippen LogP contribution in [-0.4, -0.2) is 25.0 Å². The molecule has 1 aromatic carbocycles. The number of hydrogen-bond donors (Lipinski definition) is 2. The molecule has 2 N–H and O–H groups in total. The van der Waals surface area contributed by atoms with E-state index in [9.17, 15) is 5.11 Å². The van der Waals surface area contributed by atoms with Crippen LogP contribution in [-0.2, 0) is 0 Å². The van der Waals surface area contributed by atoms with Crippen molar-refractivity contribution in [2.24, 2.45) is 0 Å². The summed E-state index contributed by atoms with van der Waals surface area (Å²) in [6, 6.07) is 9.38. The number of aliphatic hydroxyl groups excluding tert-OH is 1. The highest BCUT2D eigenvalue weighted by atomic mass is 16.3. The van der Waals surface area contributed by atoms with Gasteiger partial charge in [0.2, 0.25) is 0 Å². The molecule has 0 saturated carbocycles. The Labute approximate surface area is 104 Å². The first-order chi connectivity index (χ1) is 8.75. The maximum Gasteiger partial charge on any atom is 0.181 e. The largest absolute Gasteiger partial charge is 0.380 e. The average Bonchev–Trinajstić information content (AvgIpc) is 2.84. The van der Waals surface area contributed by atoms with Gasteiger partial charge in [-0.1, -0.05) is 30.3 Å². The van der Waals surface area contributed by atoms with Crippen LogP contribution in [0.15, 0.2) is 36.7 Å². The molecule has 5 nitrogen and oxygen atoms in total. The van der Waals surface area contributed by atoms with Gasteiger partial charge in [-0.25, -0.2) is 15.0 Å². The number of rotatable bonds is 2. The molecule has 0 aliphatic rings. The van der Waals surface area contributed by atoms with Crippen molar-refractivity contribution in [1.29, 1.82) is 0 Å². The van der Waals surface area contributed by atoms with Crippen LogP contribution in [0.25, 0.3) is 11.2 Å². The van der Waals surface area contributed by atoms with Gasteiger partial charge in [-0.05, 0) is 12.5 Å². The number of nitrogens with one attached hydrogen (secondary N) is 1. The lowest BCUT2D eigenvalue weighted by atomic mass is 10.1. The number of aryl methyl sites for hydroxylation is 1. The van der Waals surface area contributed by atoms with E-state index in [1.165, 1.54) is 6.33 Å². The summed E-state index contributed by atoms with van der Waals surface area (Å²) >= 11 is 0. The molecule has 0 radical (unpaired) electrons. The number of nitrogens with zero attached hydrogens (tertiary/aromatic N) is 3. The molecule has 0 aliphatic heterocycles. The summed E-state index contributed by atoms with van der Waals surface area (Å²) < 4.78 is 0. The predicted molar refractivity (Wildman–Crippen MR) is 66.9 cm³/mol. The minimum Gasteiger partial charge on any atom is -0.380 e. The van der Waals surface area contributed by atoms with E-state index >= 15 is 0 Å². The molecule has 0 fully saturated rings. The van der Waals surface area contributed by atoms with E-state index in [4.69, 9.17) is 0 Å². The van der Waals surface area contributed by atoms with Gasteiger partial charge in [-0.2, -0.15) is 0 Å². The monoisotopic (exact) mass is 240 g/mol. The van der Waals surface area contributed by atoms with E-state index in [-0.39, 0.29) is 0 Å². The number of fused-ring (bicyclic) bond motifs is 1. The minimum atomic E-state index is -0.778. The highest BCUT2D eigenvalue weighted by Gasteiger charge is 2.15. The third-order valence-corrected chi connectivity index (χ3v) is 2.87. The van der Waals surface area contributed by atoms with Crippen molar-refractivity contribution in [1.82, 2.24) is 19.9 Å². The van der Waals surface area contributed by atoms with E-state index in [0.29, 0.717) is 11.5 Å². The summed E-state index contributed by atoms with van der Waals surface area (Å²) in [6.07, 6.45) is 0.691. The first-order valence-corrected chi connectivity index (χ1v) is 5.66. The van der Waals surface area contributed by atoms with E-state index in [1.54, 1.807) is 0 Å². The van der Waals surface area contributed by atoms with Crippen molar-refractivity contribution >= 4 is 11.2 Å². The summed E-state index contributed by atoms with van der Waals surface area (Å²) in [6.45, 7) is 1.88. The Balaban J connectivity index is 2.07. The molecule has 3 rings (SSSR count). The molecule has 0 aliphatic carbocycles. The lowest BCUT2D eigenvalue weighted by Crippen LogP contribution is -2.01. The third kappa shape index (κ3) is 1.74. The second kappa shape index (κ2) is 4.19. The molecule has 5 heteroatoms. The van der Waals surface area contributed by atoms with Crippen molar-refractivity contribution in [3.63, 3.8) is 0 Å². The van der Waals surface area contributed by atoms with Crippen LogP contribution >= 0.6 is 0 Å². The first-order valence-electron chi connectivity index (χ1n) is 5.66. The Morgan fingerprint density at radius 3 is 2.67 bits per heavy atom. The standard InChI is InChI=1S/C13H12N4O/c1-8-10-12(15-7-14-8)17-13(16-10)11(18)9-5-3-2-4-6-9/h2-7,11,18H,1H3,(H,14,15,16,17)/t11-/m0/s1. The van der Waals surface area contributed by atoms with Crippen LogP contribution in [0.4, 0.5) is 0 Å². The first kappa shape index (κ1) is 10.9. The van der Waals surface area contributed by atoms with Gasteiger partial charge < -0.3 is 10.1 Å². The summed E-state index contributed by atoms with van der Waals surface area (Å²) in [7, 11) is 0. The lowest BCUT2D eigenvalue weighted by molar-refractivity contribution is 0.211. The Morgan fingerprint density at radius 2 is 1.94 bits per heavy atom. The molecule has 2 aromatic heterocycles. The van der Waals surface area contributed by atoms with Gasteiger partial charge in [0.15, 0.2) is 5.65 Å². The molecule has 0 bridgehead atoms. The average molecular weight is 240 g/mol. The molecule has 3 aromatic rings. The van der Waals surface area contributed by atoms with Crippen LogP contribution in [0.1, 0.15) is 23.2 Å². The van der Waals surface area contributed by atoms with Crippen molar-refractivity contribution in [2.75, 3.05) is 0 Å². The SMILES string of the molecule is Cc1ncnc2nc([C@@H](O)c3ccccc3)[nH]c12. The molecule has 18 heavy (non-hydrogen) atoms. The topological polar surface area (TPSA) is 74.7 Å². The van der Waals surface area contributed by atoms with E-state index in [1.807, 2.05) is 37.3 Å². The van der Waals surface area contributed by atoms with Gasteiger partial charge in [-0.3, -0.25) is 0 Å². The molecular weight excluding hydrogens is 228 g/mol. The van der Waals surface area contributed by atoms with Crippen LogP contribution in [0.5, 0.6) is 0 Å². The highest BCUT2D eigenvalue weighted by molar-refractivity contribution is 5.72. The summed E-state index contributed by atoms with van der Waals surface area (Å²) in [5.41, 5.74) is 2.95. The summed E-state index contributed by atoms with van der Waals surface area (Å²) in [5.74, 6) is 0.486. The van der Waals surface area contributed by atoms with Crippen molar-refractivity contribution < 1.29 is 5.11 Å². The third-order valence-electron chi connectivity index (χ3n) is 2.87. The van der Waals surface area contributed by atoms with Crippen molar-refractivity contribution in [2.45, 2.75) is 13.0 Å². The lowest BCUT2D eigenvalue weighted by Gasteiger charge is -2.06. The molecular formula is C13H12N4O. The fraction of sp³-hybridized carbons (Fsp3) is 0.154. The number of aromatic amines is 1. The second-order valence-electron chi connectivity index (χ2n) is 4.09. The van der Waals surface area contributed by atoms with Gasteiger partial charge in [0.05, 0.1) is 5.69 Å². The fourth-order valence-corrected chi connectivity index (χ4v) is 1.88. The molecule has 0 amide bonds. The maximum atomic E-state index is 10.2. The van der Waals surface area contributed by atoms with Crippen molar-refractivity contribution in [3.05, 3.63) is 53.7 Å². The number of benzene rings is 1. The zero-order valence-electron chi connectivity index (χ0n) is 9.83. The molecule has 1 atom stereocenters. The van der Waals surface area contributed by atoms with Gasteiger partial charge in [0, 0.05) is 0 Å². The maximum absolute atomic E-state index is 10.2. The predicted octanol–water partition coefficient (Wildman–Crippen LogP) is 1.74. The quantitative estimate of drug-likeness (QED) is 0.715. The number of H-pyrrole nitrogens is 1. The van der Waals surface area contributed by atoms with Crippen LogP contribution in [0.3, 0.4) is 0 Å². The highest BCUT2D eigenvalue weighted by Crippen LogP contribution is 2.21. The molecule has 0 spiro atoms. The van der Waals surface area contributed by atoms with Gasteiger partial charge in [-0.15, -0.1) is 0 Å². The van der Waals surface area contributed by atoms with Gasteiger partial charge in [0.1, 0.15) is 23.8 Å². The Morgan fingerprint density at radius 1 is 1.17 bits per heavy atom. The van der Waals surface area contributed by atoms with Crippen molar-refractivity contribution in [3.8, 4) is 0 Å². The van der Waals surface area contributed by atoms with E-state index in [0.717, 1.165) is 16.8 Å². The summed E-state index contributed by atoms with van der Waals surface area (Å²) in [5, 5.41) is 10.2. The number of aromatic nitrogens is 4.